The Bertz CT molecular complexity index is 667. The topological polar surface area (TPSA) is 73.6 Å². The number of rotatable bonds is 6. The van der Waals surface area contributed by atoms with Gasteiger partial charge in [0.2, 0.25) is 0 Å². The van der Waals surface area contributed by atoms with Gasteiger partial charge in [0.15, 0.2) is 0 Å². The van der Waals surface area contributed by atoms with E-state index >= 15 is 0 Å². The van der Waals surface area contributed by atoms with E-state index in [4.69, 9.17) is 14.0 Å². The van der Waals surface area contributed by atoms with Crippen molar-refractivity contribution in [3.05, 3.63) is 39.4 Å². The molecule has 2 atom stereocenters. The minimum Gasteiger partial charge on any atom is -0.379 e. The van der Waals surface area contributed by atoms with Crippen LogP contribution in [-0.2, 0) is 22.5 Å². The van der Waals surface area contributed by atoms with Crippen LogP contribution in [0.5, 0.6) is 0 Å². The van der Waals surface area contributed by atoms with Crippen molar-refractivity contribution >= 4 is 17.2 Å². The van der Waals surface area contributed by atoms with Crippen molar-refractivity contribution in [2.45, 2.75) is 26.0 Å². The van der Waals surface area contributed by atoms with E-state index in [2.05, 4.69) is 10.5 Å². The van der Waals surface area contributed by atoms with E-state index in [1.807, 2.05) is 25.1 Å². The minimum atomic E-state index is -0.0633. The summed E-state index contributed by atoms with van der Waals surface area (Å²) in [5, 5.41) is 6.97. The fraction of sp³-hybridized carbons (Fsp3) is 0.500. The van der Waals surface area contributed by atoms with Gasteiger partial charge in [0.1, 0.15) is 5.76 Å². The number of carbonyl (C=O) groups excluding carboxylic acids is 1. The average molecular weight is 336 g/mol. The average Bonchev–Trinajstić information content (AvgIpc) is 3.23. The highest BCUT2D eigenvalue weighted by molar-refractivity contribution is 7.14. The number of aromatic nitrogens is 1. The Balaban J connectivity index is 1.60. The third-order valence-corrected chi connectivity index (χ3v) is 4.88. The first-order valence-corrected chi connectivity index (χ1v) is 8.36. The Morgan fingerprint density at radius 1 is 1.48 bits per heavy atom. The summed E-state index contributed by atoms with van der Waals surface area (Å²) in [4.78, 5) is 14.1. The van der Waals surface area contributed by atoms with Crippen molar-refractivity contribution in [2.75, 3.05) is 20.3 Å². The molecule has 3 rings (SSSR count). The van der Waals surface area contributed by atoms with E-state index in [-0.39, 0.29) is 17.9 Å². The molecule has 6 nitrogen and oxygen atoms in total. The monoisotopic (exact) mass is 336 g/mol. The summed E-state index contributed by atoms with van der Waals surface area (Å²) in [7, 11) is 1.64. The van der Waals surface area contributed by atoms with E-state index in [0.29, 0.717) is 31.1 Å². The lowest BCUT2D eigenvalue weighted by molar-refractivity contribution is 0.0928. The van der Waals surface area contributed by atoms with Crippen LogP contribution < -0.4 is 5.32 Å². The van der Waals surface area contributed by atoms with Crippen molar-refractivity contribution in [1.29, 1.82) is 0 Å². The van der Waals surface area contributed by atoms with Gasteiger partial charge < -0.3 is 19.3 Å². The molecule has 0 bridgehead atoms. The standard InChI is InChI=1S/C16H20N2O4S/c1-10-5-12(22-18-10)6-11-7-21-9-14(11)17-16(19)15-4-3-13(23-15)8-20-2/h3-5,11,14H,6-9H2,1-2H3,(H,17,19)/t11-,14+/m1/s1. The first-order chi connectivity index (χ1) is 11.2. The molecule has 1 fully saturated rings. The summed E-state index contributed by atoms with van der Waals surface area (Å²) in [5.41, 5.74) is 0.865. The third kappa shape index (κ3) is 3.99. The molecule has 23 heavy (non-hydrogen) atoms. The Labute approximate surface area is 138 Å². The molecule has 1 saturated heterocycles. The zero-order chi connectivity index (χ0) is 16.2. The van der Waals surface area contributed by atoms with E-state index in [9.17, 15) is 4.79 Å². The molecule has 0 saturated carbocycles. The fourth-order valence-corrected chi connectivity index (χ4v) is 3.57. The number of amides is 1. The predicted octanol–water partition coefficient (Wildman–Crippen LogP) is 2.18. The molecule has 2 aromatic heterocycles. The molecule has 7 heteroatoms. The van der Waals surface area contributed by atoms with Gasteiger partial charge in [-0.2, -0.15) is 0 Å². The summed E-state index contributed by atoms with van der Waals surface area (Å²) in [6, 6.07) is 5.66. The molecular formula is C16H20N2O4S. The van der Waals surface area contributed by atoms with Crippen LogP contribution in [0.15, 0.2) is 22.7 Å². The summed E-state index contributed by atoms with van der Waals surface area (Å²) < 4.78 is 15.9. The third-order valence-electron chi connectivity index (χ3n) is 3.83. The van der Waals surface area contributed by atoms with Crippen LogP contribution in [0.3, 0.4) is 0 Å². The second-order valence-corrected chi connectivity index (χ2v) is 6.88. The first kappa shape index (κ1) is 16.2. The number of ether oxygens (including phenoxy) is 2. The fourth-order valence-electron chi connectivity index (χ4n) is 2.69. The van der Waals surface area contributed by atoms with E-state index in [0.717, 1.165) is 16.3 Å². The molecule has 1 aliphatic rings. The molecular weight excluding hydrogens is 316 g/mol. The normalized spacial score (nSPS) is 20.8. The lowest BCUT2D eigenvalue weighted by Gasteiger charge is -2.17. The molecule has 1 aliphatic heterocycles. The lowest BCUT2D eigenvalue weighted by atomic mass is 9.98. The largest absolute Gasteiger partial charge is 0.379 e. The number of thiophene rings is 1. The van der Waals surface area contributed by atoms with Gasteiger partial charge in [-0.1, -0.05) is 5.16 Å². The highest BCUT2D eigenvalue weighted by Gasteiger charge is 2.31. The quantitative estimate of drug-likeness (QED) is 0.875. The molecule has 0 spiro atoms. The van der Waals surface area contributed by atoms with Gasteiger partial charge in [0.25, 0.3) is 5.91 Å². The van der Waals surface area contributed by atoms with Gasteiger partial charge in [-0.3, -0.25) is 4.79 Å². The Kier molecular flexibility index (Phi) is 5.09. The molecule has 0 aromatic carbocycles. The van der Waals surface area contributed by atoms with Crippen LogP contribution in [0.25, 0.3) is 0 Å². The number of aryl methyl sites for hydroxylation is 1. The van der Waals surface area contributed by atoms with Crippen LogP contribution in [-0.4, -0.2) is 37.4 Å². The second-order valence-electron chi connectivity index (χ2n) is 5.72. The summed E-state index contributed by atoms with van der Waals surface area (Å²) in [6.45, 7) is 3.56. The van der Waals surface area contributed by atoms with E-state index < -0.39 is 0 Å². The van der Waals surface area contributed by atoms with Crippen LogP contribution in [0.4, 0.5) is 0 Å². The summed E-state index contributed by atoms with van der Waals surface area (Å²) in [5.74, 6) is 0.965. The van der Waals surface area contributed by atoms with Gasteiger partial charge in [0.05, 0.1) is 36.4 Å². The van der Waals surface area contributed by atoms with Gasteiger partial charge in [-0.15, -0.1) is 11.3 Å². The molecule has 0 aliphatic carbocycles. The molecule has 1 N–H and O–H groups in total. The smallest absolute Gasteiger partial charge is 0.261 e. The van der Waals surface area contributed by atoms with Crippen LogP contribution in [0.2, 0.25) is 0 Å². The number of hydrogen-bond acceptors (Lipinski definition) is 6. The van der Waals surface area contributed by atoms with Gasteiger partial charge in [-0.05, 0) is 19.1 Å². The zero-order valence-corrected chi connectivity index (χ0v) is 14.0. The Morgan fingerprint density at radius 3 is 3.09 bits per heavy atom. The van der Waals surface area contributed by atoms with E-state index in [1.54, 1.807) is 7.11 Å². The van der Waals surface area contributed by atoms with Crippen molar-refractivity contribution in [3.63, 3.8) is 0 Å². The summed E-state index contributed by atoms with van der Waals surface area (Å²) >= 11 is 1.45. The van der Waals surface area contributed by atoms with Crippen molar-refractivity contribution < 1.29 is 18.8 Å². The van der Waals surface area contributed by atoms with Crippen LogP contribution in [0.1, 0.15) is 26.0 Å². The lowest BCUT2D eigenvalue weighted by Crippen LogP contribution is -2.40. The molecule has 124 valence electrons. The maximum absolute atomic E-state index is 12.4. The molecule has 3 heterocycles. The summed E-state index contributed by atoms with van der Waals surface area (Å²) in [6.07, 6.45) is 0.713. The van der Waals surface area contributed by atoms with Gasteiger partial charge >= 0.3 is 0 Å². The second kappa shape index (κ2) is 7.25. The van der Waals surface area contributed by atoms with Gasteiger partial charge in [-0.25, -0.2) is 0 Å². The maximum Gasteiger partial charge on any atom is 0.261 e. The predicted molar refractivity (Wildman–Crippen MR) is 85.5 cm³/mol. The number of hydrogen-bond donors (Lipinski definition) is 1. The molecule has 2 aromatic rings. The zero-order valence-electron chi connectivity index (χ0n) is 13.2. The highest BCUT2D eigenvalue weighted by atomic mass is 32.1. The molecule has 1 amide bonds. The van der Waals surface area contributed by atoms with Gasteiger partial charge in [0, 0.05) is 30.4 Å². The van der Waals surface area contributed by atoms with Crippen LogP contribution >= 0.6 is 11.3 Å². The number of carbonyl (C=O) groups is 1. The maximum atomic E-state index is 12.4. The molecule has 0 unspecified atom stereocenters. The first-order valence-electron chi connectivity index (χ1n) is 7.54. The number of nitrogens with one attached hydrogen (secondary N) is 1. The van der Waals surface area contributed by atoms with Crippen molar-refractivity contribution in [3.8, 4) is 0 Å². The van der Waals surface area contributed by atoms with E-state index in [1.165, 1.54) is 11.3 Å². The Morgan fingerprint density at radius 2 is 2.35 bits per heavy atom. The molecule has 0 radical (unpaired) electrons. The minimum absolute atomic E-state index is 0.0131. The van der Waals surface area contributed by atoms with Crippen LogP contribution in [0, 0.1) is 12.8 Å². The number of nitrogens with zero attached hydrogens (tertiary/aromatic N) is 1. The Hall–Kier alpha value is -1.70. The van der Waals surface area contributed by atoms with Crippen molar-refractivity contribution in [1.82, 2.24) is 10.5 Å². The highest BCUT2D eigenvalue weighted by Crippen LogP contribution is 2.22. The SMILES string of the molecule is COCc1ccc(C(=O)N[C@H]2COC[C@H]2Cc2cc(C)no2)s1. The van der Waals surface area contributed by atoms with Crippen molar-refractivity contribution in [2.24, 2.45) is 5.92 Å². The number of methoxy groups -OCH3 is 1.